The molecule has 1 amide bonds. The average Bonchev–Trinajstić information content (AvgIpc) is 3.08. The first-order chi connectivity index (χ1) is 9.72. The number of amides is 1. The normalized spacial score (nSPS) is 10.7. The highest BCUT2D eigenvalue weighted by atomic mass is 32.1. The Morgan fingerprint density at radius 2 is 2.05 bits per heavy atom. The summed E-state index contributed by atoms with van der Waals surface area (Å²) < 4.78 is 0. The molecule has 0 saturated carbocycles. The van der Waals surface area contributed by atoms with E-state index in [1.807, 2.05) is 5.38 Å². The second-order valence-corrected chi connectivity index (χ2v) is 6.14. The van der Waals surface area contributed by atoms with E-state index in [1.54, 1.807) is 16.7 Å². The maximum atomic E-state index is 11.9. The fourth-order valence-electron chi connectivity index (χ4n) is 1.67. The molecule has 3 N–H and O–H groups in total. The molecule has 0 aliphatic heterocycles. The SMILES string of the molecule is CCc1nc(CCNC(=O)c2csc(CCN)n2)cs1. The van der Waals surface area contributed by atoms with Crippen LogP contribution in [0.25, 0.3) is 0 Å². The van der Waals surface area contributed by atoms with Crippen LogP contribution in [0.4, 0.5) is 0 Å². The number of thiazole rings is 2. The van der Waals surface area contributed by atoms with E-state index in [9.17, 15) is 4.79 Å². The molecule has 20 heavy (non-hydrogen) atoms. The lowest BCUT2D eigenvalue weighted by Gasteiger charge is -2.01. The summed E-state index contributed by atoms with van der Waals surface area (Å²) in [6.45, 7) is 3.22. The number of nitrogens with zero attached hydrogens (tertiary/aromatic N) is 2. The molecule has 108 valence electrons. The van der Waals surface area contributed by atoms with Crippen LogP contribution in [0.15, 0.2) is 10.8 Å². The van der Waals surface area contributed by atoms with E-state index >= 15 is 0 Å². The lowest BCUT2D eigenvalue weighted by atomic mass is 10.3. The molecule has 2 aromatic heterocycles. The minimum Gasteiger partial charge on any atom is -0.350 e. The number of nitrogens with two attached hydrogens (primary N) is 1. The predicted molar refractivity (Wildman–Crippen MR) is 82.4 cm³/mol. The fraction of sp³-hybridized carbons (Fsp3) is 0.462. The van der Waals surface area contributed by atoms with Gasteiger partial charge in [0.15, 0.2) is 0 Å². The van der Waals surface area contributed by atoms with Crippen molar-refractivity contribution < 1.29 is 4.79 Å². The molecule has 0 atom stereocenters. The molecule has 5 nitrogen and oxygen atoms in total. The van der Waals surface area contributed by atoms with Crippen molar-refractivity contribution in [3.63, 3.8) is 0 Å². The number of hydrogen-bond donors (Lipinski definition) is 2. The Balaban J connectivity index is 1.79. The average molecular weight is 310 g/mol. The van der Waals surface area contributed by atoms with Gasteiger partial charge in [-0.15, -0.1) is 22.7 Å². The second kappa shape index (κ2) is 7.47. The Morgan fingerprint density at radius 1 is 1.25 bits per heavy atom. The van der Waals surface area contributed by atoms with Gasteiger partial charge in [0.2, 0.25) is 0 Å². The van der Waals surface area contributed by atoms with Crippen molar-refractivity contribution in [2.75, 3.05) is 13.1 Å². The van der Waals surface area contributed by atoms with Crippen LogP contribution in [0.3, 0.4) is 0 Å². The molecule has 0 radical (unpaired) electrons. The van der Waals surface area contributed by atoms with Crippen molar-refractivity contribution >= 4 is 28.6 Å². The zero-order valence-electron chi connectivity index (χ0n) is 11.4. The number of carbonyl (C=O) groups is 1. The van der Waals surface area contributed by atoms with Crippen LogP contribution in [-0.4, -0.2) is 29.0 Å². The second-order valence-electron chi connectivity index (χ2n) is 4.26. The lowest BCUT2D eigenvalue weighted by Crippen LogP contribution is -2.26. The van der Waals surface area contributed by atoms with Gasteiger partial charge in [0.1, 0.15) is 5.69 Å². The van der Waals surface area contributed by atoms with E-state index < -0.39 is 0 Å². The summed E-state index contributed by atoms with van der Waals surface area (Å²) in [6, 6.07) is 0. The molecule has 0 aliphatic carbocycles. The number of rotatable bonds is 7. The quantitative estimate of drug-likeness (QED) is 0.814. The van der Waals surface area contributed by atoms with Crippen LogP contribution in [0.1, 0.15) is 33.1 Å². The van der Waals surface area contributed by atoms with Crippen molar-refractivity contribution in [2.45, 2.75) is 26.2 Å². The summed E-state index contributed by atoms with van der Waals surface area (Å²) in [5.74, 6) is -0.129. The van der Waals surface area contributed by atoms with E-state index in [1.165, 1.54) is 11.3 Å². The van der Waals surface area contributed by atoms with Gasteiger partial charge in [-0.05, 0) is 13.0 Å². The van der Waals surface area contributed by atoms with Crippen LogP contribution in [0.2, 0.25) is 0 Å². The van der Waals surface area contributed by atoms with E-state index in [0.29, 0.717) is 18.8 Å². The molecule has 0 spiro atoms. The summed E-state index contributed by atoms with van der Waals surface area (Å²) in [7, 11) is 0. The predicted octanol–water partition coefficient (Wildman–Crippen LogP) is 1.64. The van der Waals surface area contributed by atoms with Crippen LogP contribution >= 0.6 is 22.7 Å². The van der Waals surface area contributed by atoms with Gasteiger partial charge >= 0.3 is 0 Å². The van der Waals surface area contributed by atoms with Gasteiger partial charge in [0, 0.05) is 30.1 Å². The highest BCUT2D eigenvalue weighted by Gasteiger charge is 2.10. The van der Waals surface area contributed by atoms with Crippen molar-refractivity contribution in [3.8, 4) is 0 Å². The van der Waals surface area contributed by atoms with Gasteiger partial charge in [-0.2, -0.15) is 0 Å². The molecular weight excluding hydrogens is 292 g/mol. The summed E-state index contributed by atoms with van der Waals surface area (Å²) in [5, 5.41) is 8.74. The Labute approximate surface area is 126 Å². The minimum absolute atomic E-state index is 0.129. The first-order valence-electron chi connectivity index (χ1n) is 6.59. The maximum absolute atomic E-state index is 11.9. The van der Waals surface area contributed by atoms with Crippen molar-refractivity contribution in [3.05, 3.63) is 32.2 Å². The summed E-state index contributed by atoms with van der Waals surface area (Å²) in [5.41, 5.74) is 6.98. The molecule has 0 saturated heterocycles. The third-order valence-corrected chi connectivity index (χ3v) is 4.66. The maximum Gasteiger partial charge on any atom is 0.270 e. The zero-order valence-corrected chi connectivity index (χ0v) is 13.0. The standard InChI is InChI=1S/C13H18N4OS2/c1-2-11-16-9(7-19-11)4-6-15-13(18)10-8-20-12(17-10)3-5-14/h7-8H,2-6,14H2,1H3,(H,15,18). The number of nitrogens with one attached hydrogen (secondary N) is 1. The first kappa shape index (κ1) is 15.1. The Bertz CT molecular complexity index is 564. The molecule has 0 fully saturated rings. The van der Waals surface area contributed by atoms with Gasteiger partial charge in [-0.3, -0.25) is 4.79 Å². The highest BCUT2D eigenvalue weighted by Crippen LogP contribution is 2.11. The molecule has 0 aliphatic rings. The van der Waals surface area contributed by atoms with Crippen LogP contribution < -0.4 is 11.1 Å². The summed E-state index contributed by atoms with van der Waals surface area (Å²) in [4.78, 5) is 20.6. The van der Waals surface area contributed by atoms with Gasteiger partial charge in [0.05, 0.1) is 15.7 Å². The van der Waals surface area contributed by atoms with Crippen LogP contribution in [0.5, 0.6) is 0 Å². The molecule has 0 bridgehead atoms. The monoisotopic (exact) mass is 310 g/mol. The first-order valence-corrected chi connectivity index (χ1v) is 8.34. The summed E-state index contributed by atoms with van der Waals surface area (Å²) >= 11 is 3.14. The molecular formula is C13H18N4OS2. The molecule has 0 unspecified atom stereocenters. The van der Waals surface area contributed by atoms with Gasteiger partial charge in [-0.25, -0.2) is 9.97 Å². The number of aryl methyl sites for hydroxylation is 1. The van der Waals surface area contributed by atoms with Gasteiger partial charge in [0.25, 0.3) is 5.91 Å². The van der Waals surface area contributed by atoms with Crippen LogP contribution in [-0.2, 0) is 19.3 Å². The Kier molecular flexibility index (Phi) is 5.63. The third-order valence-electron chi connectivity index (χ3n) is 2.71. The number of aromatic nitrogens is 2. The van der Waals surface area contributed by atoms with Gasteiger partial charge < -0.3 is 11.1 Å². The Morgan fingerprint density at radius 3 is 2.75 bits per heavy atom. The number of hydrogen-bond acceptors (Lipinski definition) is 6. The van der Waals surface area contributed by atoms with E-state index in [4.69, 9.17) is 5.73 Å². The van der Waals surface area contributed by atoms with E-state index in [0.717, 1.165) is 35.0 Å². The number of carbonyl (C=O) groups excluding carboxylic acids is 1. The van der Waals surface area contributed by atoms with Crippen molar-refractivity contribution in [1.82, 2.24) is 15.3 Å². The topological polar surface area (TPSA) is 80.9 Å². The van der Waals surface area contributed by atoms with E-state index in [-0.39, 0.29) is 5.91 Å². The zero-order chi connectivity index (χ0) is 14.4. The third kappa shape index (κ3) is 4.09. The highest BCUT2D eigenvalue weighted by molar-refractivity contribution is 7.10. The molecule has 2 rings (SSSR count). The molecule has 7 heteroatoms. The summed E-state index contributed by atoms with van der Waals surface area (Å²) in [6.07, 6.45) is 2.43. The molecule has 2 aromatic rings. The fourth-order valence-corrected chi connectivity index (χ4v) is 3.25. The van der Waals surface area contributed by atoms with Crippen molar-refractivity contribution in [1.29, 1.82) is 0 Å². The Hall–Kier alpha value is -1.31. The molecule has 0 aromatic carbocycles. The van der Waals surface area contributed by atoms with E-state index in [2.05, 4.69) is 22.2 Å². The van der Waals surface area contributed by atoms with Crippen LogP contribution in [0, 0.1) is 0 Å². The largest absolute Gasteiger partial charge is 0.350 e. The molecule has 2 heterocycles. The lowest BCUT2D eigenvalue weighted by molar-refractivity contribution is 0.0949. The minimum atomic E-state index is -0.129. The van der Waals surface area contributed by atoms with Crippen molar-refractivity contribution in [2.24, 2.45) is 5.73 Å². The van der Waals surface area contributed by atoms with Gasteiger partial charge in [-0.1, -0.05) is 6.92 Å². The smallest absolute Gasteiger partial charge is 0.270 e.